The van der Waals surface area contributed by atoms with Crippen LogP contribution in [0, 0.1) is 6.92 Å². The second-order valence-electron chi connectivity index (χ2n) is 3.82. The quantitative estimate of drug-likeness (QED) is 0.783. The number of pyridine rings is 1. The molecule has 0 atom stereocenters. The van der Waals surface area contributed by atoms with Crippen molar-refractivity contribution in [3.63, 3.8) is 0 Å². The van der Waals surface area contributed by atoms with Crippen LogP contribution in [0.25, 0.3) is 0 Å². The molecule has 0 fully saturated rings. The van der Waals surface area contributed by atoms with E-state index in [-0.39, 0.29) is 5.28 Å². The van der Waals surface area contributed by atoms with Gasteiger partial charge < -0.3 is 4.90 Å². The van der Waals surface area contributed by atoms with Crippen molar-refractivity contribution in [1.82, 2.24) is 15.0 Å². The molecule has 17 heavy (non-hydrogen) atoms. The van der Waals surface area contributed by atoms with Crippen molar-refractivity contribution in [1.29, 1.82) is 0 Å². The van der Waals surface area contributed by atoms with Gasteiger partial charge in [0.2, 0.25) is 5.28 Å². The van der Waals surface area contributed by atoms with Gasteiger partial charge in [-0.15, -0.1) is 0 Å². The topological polar surface area (TPSA) is 41.9 Å². The van der Waals surface area contributed by atoms with Crippen LogP contribution in [0.15, 0.2) is 30.6 Å². The lowest BCUT2D eigenvalue weighted by Crippen LogP contribution is -2.19. The number of aryl methyl sites for hydroxylation is 1. The first-order valence-corrected chi connectivity index (χ1v) is 5.65. The van der Waals surface area contributed by atoms with E-state index in [1.807, 2.05) is 37.1 Å². The zero-order valence-electron chi connectivity index (χ0n) is 9.76. The van der Waals surface area contributed by atoms with Crippen molar-refractivity contribution >= 4 is 17.4 Å². The van der Waals surface area contributed by atoms with Crippen LogP contribution in [0.2, 0.25) is 5.28 Å². The summed E-state index contributed by atoms with van der Waals surface area (Å²) in [7, 11) is 1.96. The van der Waals surface area contributed by atoms with E-state index in [1.54, 1.807) is 12.4 Å². The van der Waals surface area contributed by atoms with Crippen molar-refractivity contribution in [2.24, 2.45) is 0 Å². The molecule has 0 radical (unpaired) electrons. The van der Waals surface area contributed by atoms with Crippen LogP contribution in [0.1, 0.15) is 11.3 Å². The van der Waals surface area contributed by atoms with E-state index in [0.717, 1.165) is 17.1 Å². The fourth-order valence-corrected chi connectivity index (χ4v) is 1.74. The minimum Gasteiger partial charge on any atom is -0.353 e. The summed E-state index contributed by atoms with van der Waals surface area (Å²) in [5.41, 5.74) is 1.98. The fraction of sp³-hybridized carbons (Fsp3) is 0.250. The number of rotatable bonds is 3. The number of hydrogen-bond donors (Lipinski definition) is 0. The molecule has 2 aromatic rings. The van der Waals surface area contributed by atoms with Crippen molar-refractivity contribution in [3.8, 4) is 0 Å². The van der Waals surface area contributed by atoms with Crippen LogP contribution < -0.4 is 4.90 Å². The highest BCUT2D eigenvalue weighted by Crippen LogP contribution is 2.18. The van der Waals surface area contributed by atoms with Gasteiger partial charge in [0.05, 0.1) is 12.2 Å². The first-order valence-electron chi connectivity index (χ1n) is 5.27. The molecule has 4 nitrogen and oxygen atoms in total. The monoisotopic (exact) mass is 248 g/mol. The van der Waals surface area contributed by atoms with E-state index in [1.165, 1.54) is 0 Å². The molecule has 0 saturated carbocycles. The average Bonchev–Trinajstić information content (AvgIpc) is 2.33. The number of hydrogen-bond acceptors (Lipinski definition) is 4. The standard InChI is InChI=1S/C12H13ClN4/c1-9-7-15-12(13)16-11(9)17(2)8-10-5-3-4-6-14-10/h3-7H,8H2,1-2H3. The van der Waals surface area contributed by atoms with Gasteiger partial charge in [0, 0.05) is 25.0 Å². The number of nitrogens with zero attached hydrogens (tertiary/aromatic N) is 4. The molecule has 0 aromatic carbocycles. The van der Waals surface area contributed by atoms with Gasteiger partial charge in [-0.2, -0.15) is 0 Å². The molecule has 0 spiro atoms. The van der Waals surface area contributed by atoms with Gasteiger partial charge >= 0.3 is 0 Å². The molecule has 2 heterocycles. The van der Waals surface area contributed by atoms with Gasteiger partial charge in [-0.3, -0.25) is 4.98 Å². The lowest BCUT2D eigenvalue weighted by Gasteiger charge is -2.19. The molecule has 0 saturated heterocycles. The summed E-state index contributed by atoms with van der Waals surface area (Å²) < 4.78 is 0. The molecule has 0 amide bonds. The van der Waals surface area contributed by atoms with Crippen molar-refractivity contribution in [3.05, 3.63) is 47.1 Å². The summed E-state index contributed by atoms with van der Waals surface area (Å²) in [4.78, 5) is 14.4. The van der Waals surface area contributed by atoms with Crippen LogP contribution >= 0.6 is 11.6 Å². The van der Waals surface area contributed by atoms with E-state index >= 15 is 0 Å². The Bertz CT molecular complexity index is 501. The van der Waals surface area contributed by atoms with Crippen molar-refractivity contribution in [2.75, 3.05) is 11.9 Å². The first kappa shape index (κ1) is 11.8. The number of halogens is 1. The Morgan fingerprint density at radius 2 is 2.12 bits per heavy atom. The van der Waals surface area contributed by atoms with E-state index in [0.29, 0.717) is 6.54 Å². The summed E-state index contributed by atoms with van der Waals surface area (Å²) in [5, 5.41) is 0.262. The largest absolute Gasteiger partial charge is 0.353 e. The Morgan fingerprint density at radius 3 is 2.82 bits per heavy atom. The van der Waals surface area contributed by atoms with Gasteiger partial charge in [-0.1, -0.05) is 6.07 Å². The summed E-state index contributed by atoms with van der Waals surface area (Å²) >= 11 is 5.80. The lowest BCUT2D eigenvalue weighted by molar-refractivity contribution is 0.854. The van der Waals surface area contributed by atoms with Crippen LogP contribution in [0.5, 0.6) is 0 Å². The second-order valence-corrected chi connectivity index (χ2v) is 4.16. The molecule has 0 unspecified atom stereocenters. The van der Waals surface area contributed by atoms with E-state index in [9.17, 15) is 0 Å². The normalized spacial score (nSPS) is 10.3. The molecular weight excluding hydrogens is 236 g/mol. The Balaban J connectivity index is 2.20. The Morgan fingerprint density at radius 1 is 1.29 bits per heavy atom. The Kier molecular flexibility index (Phi) is 3.54. The molecule has 2 aromatic heterocycles. The van der Waals surface area contributed by atoms with Gasteiger partial charge in [0.15, 0.2) is 0 Å². The third kappa shape index (κ3) is 2.91. The molecule has 5 heteroatoms. The minimum absolute atomic E-state index is 0.262. The number of aromatic nitrogens is 3. The van der Waals surface area contributed by atoms with Gasteiger partial charge in [-0.05, 0) is 30.7 Å². The molecule has 0 aliphatic rings. The predicted octanol–water partition coefficient (Wildman–Crippen LogP) is 2.47. The maximum absolute atomic E-state index is 5.80. The smallest absolute Gasteiger partial charge is 0.224 e. The molecule has 0 aliphatic carbocycles. The summed E-state index contributed by atoms with van der Waals surface area (Å²) in [6.07, 6.45) is 3.50. The van der Waals surface area contributed by atoms with Gasteiger partial charge in [0.1, 0.15) is 5.82 Å². The average molecular weight is 249 g/mol. The third-order valence-corrected chi connectivity index (χ3v) is 2.58. The fourth-order valence-electron chi connectivity index (χ4n) is 1.61. The maximum atomic E-state index is 5.80. The van der Waals surface area contributed by atoms with Crippen LogP contribution in [-0.2, 0) is 6.54 Å². The van der Waals surface area contributed by atoms with Crippen LogP contribution in [0.4, 0.5) is 5.82 Å². The van der Waals surface area contributed by atoms with E-state index in [2.05, 4.69) is 15.0 Å². The first-order chi connectivity index (χ1) is 8.16. The Labute approximate surface area is 105 Å². The zero-order valence-corrected chi connectivity index (χ0v) is 10.5. The highest BCUT2D eigenvalue weighted by molar-refractivity contribution is 6.28. The van der Waals surface area contributed by atoms with Gasteiger partial charge in [-0.25, -0.2) is 9.97 Å². The summed E-state index contributed by atoms with van der Waals surface area (Å²) in [6, 6.07) is 5.85. The van der Waals surface area contributed by atoms with E-state index < -0.39 is 0 Å². The lowest BCUT2D eigenvalue weighted by atomic mass is 10.3. The summed E-state index contributed by atoms with van der Waals surface area (Å²) in [5.74, 6) is 0.829. The number of anilines is 1. The maximum Gasteiger partial charge on any atom is 0.224 e. The molecule has 88 valence electrons. The Hall–Kier alpha value is -1.68. The van der Waals surface area contributed by atoms with Crippen molar-refractivity contribution < 1.29 is 0 Å². The SMILES string of the molecule is Cc1cnc(Cl)nc1N(C)Cc1ccccn1. The highest BCUT2D eigenvalue weighted by Gasteiger charge is 2.08. The zero-order chi connectivity index (χ0) is 12.3. The van der Waals surface area contributed by atoms with E-state index in [4.69, 9.17) is 11.6 Å². The molecular formula is C12H13ClN4. The van der Waals surface area contributed by atoms with Crippen LogP contribution in [0.3, 0.4) is 0 Å². The molecule has 2 rings (SSSR count). The molecule has 0 N–H and O–H groups in total. The summed E-state index contributed by atoms with van der Waals surface area (Å²) in [6.45, 7) is 2.65. The highest BCUT2D eigenvalue weighted by atomic mass is 35.5. The predicted molar refractivity (Wildman–Crippen MR) is 68.1 cm³/mol. The second kappa shape index (κ2) is 5.10. The van der Waals surface area contributed by atoms with Crippen molar-refractivity contribution in [2.45, 2.75) is 13.5 Å². The minimum atomic E-state index is 0.262. The van der Waals surface area contributed by atoms with Crippen LogP contribution in [-0.4, -0.2) is 22.0 Å². The van der Waals surface area contributed by atoms with Gasteiger partial charge in [0.25, 0.3) is 0 Å². The molecule has 0 bridgehead atoms. The molecule has 0 aliphatic heterocycles. The third-order valence-electron chi connectivity index (χ3n) is 2.40.